The summed E-state index contributed by atoms with van der Waals surface area (Å²) >= 11 is 0. The van der Waals surface area contributed by atoms with Gasteiger partial charge in [-0.2, -0.15) is 4.98 Å². The van der Waals surface area contributed by atoms with Crippen LogP contribution in [-0.4, -0.2) is 50.7 Å². The van der Waals surface area contributed by atoms with E-state index in [4.69, 9.17) is 9.47 Å². The number of fused-ring (bicyclic) bond motifs is 1. The minimum Gasteiger partial charge on any atom is -0.474 e. The third-order valence-corrected chi connectivity index (χ3v) is 5.59. The van der Waals surface area contributed by atoms with Crippen molar-refractivity contribution in [2.75, 3.05) is 34.5 Å². The minimum absolute atomic E-state index is 0.0795. The smallest absolute Gasteiger partial charge is 0.269 e. The van der Waals surface area contributed by atoms with Crippen molar-refractivity contribution in [1.82, 2.24) is 19.9 Å². The number of hydrogen-bond acceptors (Lipinski definition) is 10. The SMILES string of the molecule is CC1(C)Oc2ccc(Nc3nc(Nc4ccc(NC5CCOCC5)nc4)ncc3F)nc2NC1=O. The van der Waals surface area contributed by atoms with E-state index in [2.05, 4.69) is 41.2 Å². The Bertz CT molecular complexity index is 1230. The van der Waals surface area contributed by atoms with Crippen LogP contribution in [0.3, 0.4) is 0 Å². The van der Waals surface area contributed by atoms with Gasteiger partial charge >= 0.3 is 0 Å². The molecule has 182 valence electrons. The zero-order chi connectivity index (χ0) is 24.4. The predicted molar refractivity (Wildman–Crippen MR) is 128 cm³/mol. The fraction of sp³-hybridized carbons (Fsp3) is 0.348. The van der Waals surface area contributed by atoms with Crippen LogP contribution in [-0.2, 0) is 9.53 Å². The molecule has 12 heteroatoms. The molecule has 1 amide bonds. The lowest BCUT2D eigenvalue weighted by atomic mass is 10.1. The second-order valence-corrected chi connectivity index (χ2v) is 8.71. The van der Waals surface area contributed by atoms with Crippen molar-refractivity contribution in [2.45, 2.75) is 38.3 Å². The van der Waals surface area contributed by atoms with Gasteiger partial charge in [0.05, 0.1) is 18.1 Å². The molecule has 0 radical (unpaired) electrons. The molecule has 0 aliphatic carbocycles. The lowest BCUT2D eigenvalue weighted by molar-refractivity contribution is -0.129. The lowest BCUT2D eigenvalue weighted by Crippen LogP contribution is -2.46. The largest absolute Gasteiger partial charge is 0.474 e. The van der Waals surface area contributed by atoms with E-state index in [-0.39, 0.29) is 29.3 Å². The summed E-state index contributed by atoms with van der Waals surface area (Å²) in [5.74, 6) is 0.827. The van der Waals surface area contributed by atoms with E-state index in [1.165, 1.54) is 0 Å². The Kier molecular flexibility index (Phi) is 6.03. The number of ether oxygens (including phenoxy) is 2. The van der Waals surface area contributed by atoms with Crippen molar-refractivity contribution in [3.05, 3.63) is 42.5 Å². The Morgan fingerprint density at radius 3 is 2.60 bits per heavy atom. The summed E-state index contributed by atoms with van der Waals surface area (Å²) in [4.78, 5) is 29.1. The number of rotatable bonds is 6. The van der Waals surface area contributed by atoms with Crippen LogP contribution >= 0.6 is 0 Å². The zero-order valence-electron chi connectivity index (χ0n) is 19.3. The van der Waals surface area contributed by atoms with Crippen LogP contribution < -0.4 is 26.0 Å². The normalized spacial score (nSPS) is 17.1. The molecule has 2 aliphatic heterocycles. The van der Waals surface area contributed by atoms with Gasteiger partial charge in [0.25, 0.3) is 5.91 Å². The molecule has 0 saturated carbocycles. The van der Waals surface area contributed by atoms with Crippen molar-refractivity contribution < 1.29 is 18.7 Å². The van der Waals surface area contributed by atoms with Crippen LogP contribution in [0.4, 0.5) is 39.3 Å². The number of nitrogens with one attached hydrogen (secondary N) is 4. The number of halogens is 1. The molecule has 3 aromatic rings. The predicted octanol–water partition coefficient (Wildman–Crippen LogP) is 3.59. The molecule has 4 N–H and O–H groups in total. The number of carbonyl (C=O) groups excluding carboxylic acids is 1. The summed E-state index contributed by atoms with van der Waals surface area (Å²) in [5, 5.41) is 11.9. The third kappa shape index (κ3) is 5.22. The molecule has 3 aromatic heterocycles. The molecule has 5 heterocycles. The second kappa shape index (κ2) is 9.29. The third-order valence-electron chi connectivity index (χ3n) is 5.59. The molecule has 1 saturated heterocycles. The maximum atomic E-state index is 14.4. The topological polar surface area (TPSA) is 135 Å². The summed E-state index contributed by atoms with van der Waals surface area (Å²) in [5.41, 5.74) is -0.355. The van der Waals surface area contributed by atoms with E-state index in [0.717, 1.165) is 38.1 Å². The number of hydrogen-bond donors (Lipinski definition) is 4. The maximum absolute atomic E-state index is 14.4. The molecule has 0 bridgehead atoms. The molecular formula is C23H25FN8O3. The van der Waals surface area contributed by atoms with Crippen LogP contribution in [0.15, 0.2) is 36.7 Å². The fourth-order valence-electron chi connectivity index (χ4n) is 3.64. The monoisotopic (exact) mass is 480 g/mol. The van der Waals surface area contributed by atoms with Crippen molar-refractivity contribution >= 4 is 40.8 Å². The molecule has 0 unspecified atom stereocenters. The van der Waals surface area contributed by atoms with Crippen molar-refractivity contribution in [1.29, 1.82) is 0 Å². The summed E-state index contributed by atoms with van der Waals surface area (Å²) < 4.78 is 25.4. The van der Waals surface area contributed by atoms with Gasteiger partial charge in [-0.05, 0) is 51.0 Å². The average molecular weight is 481 g/mol. The number of pyridine rings is 2. The summed E-state index contributed by atoms with van der Waals surface area (Å²) in [6.07, 6.45) is 4.59. The van der Waals surface area contributed by atoms with E-state index >= 15 is 0 Å². The van der Waals surface area contributed by atoms with E-state index in [1.807, 2.05) is 12.1 Å². The van der Waals surface area contributed by atoms with Gasteiger partial charge in [-0.15, -0.1) is 0 Å². The standard InChI is InChI=1S/C23H25FN8O3/c1-23(2)21(33)31-20-16(35-23)4-6-18(30-20)29-19-15(24)12-26-22(32-19)28-14-3-5-17(25-11-14)27-13-7-9-34-10-8-13/h3-6,11-13H,7-10H2,1-2H3,(H,25,27)(H3,26,28,29,30,31,32,33). The van der Waals surface area contributed by atoms with E-state index in [1.54, 1.807) is 32.2 Å². The first-order valence-electron chi connectivity index (χ1n) is 11.2. The highest BCUT2D eigenvalue weighted by Gasteiger charge is 2.36. The second-order valence-electron chi connectivity index (χ2n) is 8.71. The first-order chi connectivity index (χ1) is 16.9. The maximum Gasteiger partial charge on any atom is 0.269 e. The average Bonchev–Trinajstić information content (AvgIpc) is 2.84. The van der Waals surface area contributed by atoms with Gasteiger partial charge in [-0.1, -0.05) is 0 Å². The number of anilines is 6. The zero-order valence-corrected chi connectivity index (χ0v) is 19.3. The highest BCUT2D eigenvalue weighted by molar-refractivity contribution is 5.99. The molecule has 35 heavy (non-hydrogen) atoms. The number of carbonyl (C=O) groups is 1. The Morgan fingerprint density at radius 2 is 1.83 bits per heavy atom. The van der Waals surface area contributed by atoms with Crippen molar-refractivity contribution in [3.8, 4) is 5.75 Å². The highest BCUT2D eigenvalue weighted by Crippen LogP contribution is 2.33. The van der Waals surface area contributed by atoms with E-state index < -0.39 is 11.4 Å². The Balaban J connectivity index is 1.26. The van der Waals surface area contributed by atoms with Crippen LogP contribution in [0.5, 0.6) is 5.75 Å². The van der Waals surface area contributed by atoms with Gasteiger partial charge in [0.15, 0.2) is 28.8 Å². The van der Waals surface area contributed by atoms with Crippen molar-refractivity contribution in [2.24, 2.45) is 0 Å². The Hall–Kier alpha value is -4.06. The van der Waals surface area contributed by atoms with E-state index in [0.29, 0.717) is 17.5 Å². The first-order valence-corrected chi connectivity index (χ1v) is 11.2. The molecule has 5 rings (SSSR count). The Morgan fingerprint density at radius 1 is 1.03 bits per heavy atom. The molecule has 1 fully saturated rings. The number of aromatic nitrogens is 4. The quantitative estimate of drug-likeness (QED) is 0.414. The van der Waals surface area contributed by atoms with Gasteiger partial charge < -0.3 is 30.7 Å². The van der Waals surface area contributed by atoms with E-state index in [9.17, 15) is 9.18 Å². The van der Waals surface area contributed by atoms with Gasteiger partial charge in [-0.3, -0.25) is 4.79 Å². The van der Waals surface area contributed by atoms with Crippen LogP contribution in [0.25, 0.3) is 0 Å². The molecule has 0 aromatic carbocycles. The summed E-state index contributed by atoms with van der Waals surface area (Å²) in [6.45, 7) is 4.82. The number of amides is 1. The van der Waals surface area contributed by atoms with Crippen LogP contribution in [0, 0.1) is 5.82 Å². The summed E-state index contributed by atoms with van der Waals surface area (Å²) in [6, 6.07) is 7.28. The van der Waals surface area contributed by atoms with Crippen molar-refractivity contribution in [3.63, 3.8) is 0 Å². The van der Waals surface area contributed by atoms with Gasteiger partial charge in [0.1, 0.15) is 11.6 Å². The van der Waals surface area contributed by atoms with Crippen LogP contribution in [0.2, 0.25) is 0 Å². The molecule has 11 nitrogen and oxygen atoms in total. The van der Waals surface area contributed by atoms with Crippen LogP contribution in [0.1, 0.15) is 26.7 Å². The molecule has 0 atom stereocenters. The molecule has 0 spiro atoms. The summed E-state index contributed by atoms with van der Waals surface area (Å²) in [7, 11) is 0. The van der Waals surface area contributed by atoms with Gasteiger partial charge in [0.2, 0.25) is 5.95 Å². The first kappa shape index (κ1) is 22.7. The molecular weight excluding hydrogens is 455 g/mol. The lowest BCUT2D eigenvalue weighted by Gasteiger charge is -2.30. The number of nitrogens with zero attached hydrogens (tertiary/aromatic N) is 4. The minimum atomic E-state index is -1.00. The fourth-order valence-corrected chi connectivity index (χ4v) is 3.64. The van der Waals surface area contributed by atoms with Gasteiger partial charge in [0, 0.05) is 19.3 Å². The highest BCUT2D eigenvalue weighted by atomic mass is 19.1. The Labute approximate surface area is 200 Å². The molecule has 2 aliphatic rings. The van der Waals surface area contributed by atoms with Gasteiger partial charge in [-0.25, -0.2) is 19.3 Å².